The number of carbonyl (C=O) groups excluding carboxylic acids is 1. The van der Waals surface area contributed by atoms with Gasteiger partial charge in [0.1, 0.15) is 0 Å². The largest absolute Gasteiger partial charge is 0.395 e. The minimum Gasteiger partial charge on any atom is -0.395 e. The summed E-state index contributed by atoms with van der Waals surface area (Å²) in [5, 5.41) is 11.3. The molecule has 2 saturated carbocycles. The molecule has 0 spiro atoms. The third kappa shape index (κ3) is 3.42. The van der Waals surface area contributed by atoms with Crippen LogP contribution in [0.5, 0.6) is 0 Å². The van der Waals surface area contributed by atoms with E-state index in [2.05, 4.69) is 10.2 Å². The lowest BCUT2D eigenvalue weighted by atomic mass is 9.88. The molecule has 4 nitrogen and oxygen atoms in total. The highest BCUT2D eigenvalue weighted by Gasteiger charge is 2.39. The van der Waals surface area contributed by atoms with Gasteiger partial charge in [-0.05, 0) is 44.1 Å². The smallest absolute Gasteiger partial charge is 0.234 e. The van der Waals surface area contributed by atoms with Crippen LogP contribution in [-0.2, 0) is 4.79 Å². The van der Waals surface area contributed by atoms with Crippen LogP contribution in [0, 0.1) is 17.8 Å². The van der Waals surface area contributed by atoms with E-state index in [1.807, 2.05) is 7.05 Å². The summed E-state index contributed by atoms with van der Waals surface area (Å²) < 4.78 is 0. The molecule has 2 aliphatic rings. The van der Waals surface area contributed by atoms with Gasteiger partial charge in [-0.15, -0.1) is 0 Å². The molecular formula is C13H24N2O2. The molecule has 3 unspecified atom stereocenters. The fraction of sp³-hybridized carbons (Fsp3) is 0.923. The number of aliphatic hydroxyl groups is 1. The number of carbonyl (C=O) groups is 1. The maximum Gasteiger partial charge on any atom is 0.234 e. The number of nitrogens with one attached hydrogen (secondary N) is 1. The molecule has 2 fully saturated rings. The number of hydrogen-bond donors (Lipinski definition) is 2. The Balaban J connectivity index is 1.67. The van der Waals surface area contributed by atoms with E-state index in [1.165, 1.54) is 25.7 Å². The first-order valence-corrected chi connectivity index (χ1v) is 6.75. The molecule has 2 bridgehead atoms. The van der Waals surface area contributed by atoms with Crippen LogP contribution >= 0.6 is 0 Å². The summed E-state index contributed by atoms with van der Waals surface area (Å²) in [6.07, 6.45) is 5.63. The van der Waals surface area contributed by atoms with Gasteiger partial charge in [0.05, 0.1) is 13.2 Å². The maximum atomic E-state index is 11.5. The molecule has 0 aromatic rings. The van der Waals surface area contributed by atoms with Crippen molar-refractivity contribution >= 4 is 5.91 Å². The molecule has 0 heterocycles. The lowest BCUT2D eigenvalue weighted by Crippen LogP contribution is -2.39. The predicted octanol–water partition coefficient (Wildman–Crippen LogP) is 0.463. The molecule has 2 aliphatic carbocycles. The van der Waals surface area contributed by atoms with Crippen molar-refractivity contribution in [2.45, 2.75) is 25.7 Å². The minimum absolute atomic E-state index is 0.0157. The monoisotopic (exact) mass is 240 g/mol. The van der Waals surface area contributed by atoms with Crippen LogP contribution in [0.4, 0.5) is 0 Å². The van der Waals surface area contributed by atoms with Gasteiger partial charge in [-0.3, -0.25) is 9.69 Å². The number of amides is 1. The topological polar surface area (TPSA) is 52.6 Å². The Bertz CT molecular complexity index is 270. The molecule has 0 radical (unpaired) electrons. The lowest BCUT2D eigenvalue weighted by molar-refractivity contribution is -0.122. The average molecular weight is 240 g/mol. The van der Waals surface area contributed by atoms with Gasteiger partial charge in [0.2, 0.25) is 5.91 Å². The highest BCUT2D eigenvalue weighted by Crippen LogP contribution is 2.48. The van der Waals surface area contributed by atoms with Crippen LogP contribution in [0.15, 0.2) is 0 Å². The van der Waals surface area contributed by atoms with E-state index in [1.54, 1.807) is 0 Å². The first-order valence-electron chi connectivity index (χ1n) is 6.75. The summed E-state index contributed by atoms with van der Waals surface area (Å²) in [5.74, 6) is 2.72. The summed E-state index contributed by atoms with van der Waals surface area (Å²) in [5.41, 5.74) is 0. The Kier molecular flexibility index (Phi) is 4.40. The SMILES string of the molecule is CN(CC(=O)NCCO)CC1CC2CCC1C2. The molecule has 3 atom stereocenters. The van der Waals surface area contributed by atoms with Crippen LogP contribution in [0.25, 0.3) is 0 Å². The number of hydrogen-bond acceptors (Lipinski definition) is 3. The zero-order chi connectivity index (χ0) is 12.3. The quantitative estimate of drug-likeness (QED) is 0.709. The van der Waals surface area contributed by atoms with E-state index < -0.39 is 0 Å². The zero-order valence-electron chi connectivity index (χ0n) is 10.7. The van der Waals surface area contributed by atoms with Gasteiger partial charge >= 0.3 is 0 Å². The number of aliphatic hydroxyl groups excluding tert-OH is 1. The number of fused-ring (bicyclic) bond motifs is 2. The highest BCUT2D eigenvalue weighted by atomic mass is 16.3. The third-order valence-electron chi connectivity index (χ3n) is 4.28. The second kappa shape index (κ2) is 5.83. The summed E-state index contributed by atoms with van der Waals surface area (Å²) in [7, 11) is 2.02. The molecule has 0 aromatic carbocycles. The summed E-state index contributed by atoms with van der Waals surface area (Å²) in [6, 6.07) is 0. The molecule has 0 aliphatic heterocycles. The molecular weight excluding hydrogens is 216 g/mol. The summed E-state index contributed by atoms with van der Waals surface area (Å²) in [4.78, 5) is 13.6. The molecule has 98 valence electrons. The lowest BCUT2D eigenvalue weighted by Gasteiger charge is -2.26. The van der Waals surface area contributed by atoms with Crippen LogP contribution in [0.3, 0.4) is 0 Å². The van der Waals surface area contributed by atoms with Crippen molar-refractivity contribution in [2.75, 3.05) is 33.3 Å². The number of likely N-dealkylation sites (N-methyl/N-ethyl adjacent to an activating group) is 1. The van der Waals surface area contributed by atoms with Crippen molar-refractivity contribution in [1.29, 1.82) is 0 Å². The zero-order valence-corrected chi connectivity index (χ0v) is 10.7. The molecule has 4 heteroatoms. The summed E-state index contributed by atoms with van der Waals surface area (Å²) in [6.45, 7) is 1.88. The second-order valence-electron chi connectivity index (χ2n) is 5.71. The van der Waals surface area contributed by atoms with Crippen molar-refractivity contribution in [3.8, 4) is 0 Å². The number of rotatable bonds is 6. The molecule has 2 N–H and O–H groups in total. The second-order valence-corrected chi connectivity index (χ2v) is 5.71. The Hall–Kier alpha value is -0.610. The van der Waals surface area contributed by atoms with Gasteiger partial charge in [-0.25, -0.2) is 0 Å². The maximum absolute atomic E-state index is 11.5. The Labute approximate surface area is 103 Å². The van der Waals surface area contributed by atoms with Crippen LogP contribution < -0.4 is 5.32 Å². The van der Waals surface area contributed by atoms with Crippen molar-refractivity contribution < 1.29 is 9.90 Å². The average Bonchev–Trinajstić information content (AvgIpc) is 2.87. The van der Waals surface area contributed by atoms with Gasteiger partial charge in [-0.2, -0.15) is 0 Å². The Morgan fingerprint density at radius 2 is 2.24 bits per heavy atom. The molecule has 17 heavy (non-hydrogen) atoms. The van der Waals surface area contributed by atoms with E-state index in [0.29, 0.717) is 13.1 Å². The van der Waals surface area contributed by atoms with Gasteiger partial charge in [0, 0.05) is 13.1 Å². The van der Waals surface area contributed by atoms with Gasteiger partial charge in [0.15, 0.2) is 0 Å². The first-order chi connectivity index (χ1) is 8.19. The van der Waals surface area contributed by atoms with Crippen LogP contribution in [0.1, 0.15) is 25.7 Å². The molecule has 2 rings (SSSR count). The molecule has 1 amide bonds. The van der Waals surface area contributed by atoms with Gasteiger partial charge in [0.25, 0.3) is 0 Å². The standard InChI is InChI=1S/C13H24N2O2/c1-15(9-13(17)14-4-5-16)8-12-7-10-2-3-11(12)6-10/h10-12,16H,2-9H2,1H3,(H,14,17). The van der Waals surface area contributed by atoms with Crippen molar-refractivity contribution in [1.82, 2.24) is 10.2 Å². The van der Waals surface area contributed by atoms with Gasteiger partial charge < -0.3 is 10.4 Å². The fourth-order valence-electron chi connectivity index (χ4n) is 3.56. The van der Waals surface area contributed by atoms with Gasteiger partial charge in [-0.1, -0.05) is 6.42 Å². The van der Waals surface area contributed by atoms with Crippen LogP contribution in [-0.4, -0.2) is 49.2 Å². The molecule has 0 saturated heterocycles. The fourth-order valence-corrected chi connectivity index (χ4v) is 3.56. The van der Waals surface area contributed by atoms with Crippen molar-refractivity contribution in [2.24, 2.45) is 17.8 Å². The van der Waals surface area contributed by atoms with Crippen LogP contribution in [0.2, 0.25) is 0 Å². The van der Waals surface area contributed by atoms with E-state index >= 15 is 0 Å². The predicted molar refractivity (Wildman–Crippen MR) is 66.5 cm³/mol. The minimum atomic E-state index is 0.0157. The van der Waals surface area contributed by atoms with E-state index in [9.17, 15) is 4.79 Å². The van der Waals surface area contributed by atoms with E-state index in [-0.39, 0.29) is 12.5 Å². The van der Waals surface area contributed by atoms with E-state index in [0.717, 1.165) is 24.3 Å². The van der Waals surface area contributed by atoms with E-state index in [4.69, 9.17) is 5.11 Å². The Morgan fingerprint density at radius 3 is 2.82 bits per heavy atom. The normalized spacial score (nSPS) is 31.1. The summed E-state index contributed by atoms with van der Waals surface area (Å²) >= 11 is 0. The first kappa shape index (κ1) is 12.8. The highest BCUT2D eigenvalue weighted by molar-refractivity contribution is 5.77. The van der Waals surface area contributed by atoms with Crippen molar-refractivity contribution in [3.05, 3.63) is 0 Å². The third-order valence-corrected chi connectivity index (χ3v) is 4.28. The number of nitrogens with zero attached hydrogens (tertiary/aromatic N) is 1. The molecule has 0 aromatic heterocycles. The Morgan fingerprint density at radius 1 is 1.41 bits per heavy atom. The van der Waals surface area contributed by atoms with Crippen molar-refractivity contribution in [3.63, 3.8) is 0 Å².